The van der Waals surface area contributed by atoms with Gasteiger partial charge in [-0.25, -0.2) is 5.26 Å². The molecule has 2 aromatic rings. The summed E-state index contributed by atoms with van der Waals surface area (Å²) in [7, 11) is 0. The number of nitro groups is 1. The molecule has 0 aliphatic carbocycles. The monoisotopic (exact) mass is 205 g/mol. The van der Waals surface area contributed by atoms with Crippen molar-refractivity contribution in [2.24, 2.45) is 0 Å². The van der Waals surface area contributed by atoms with Gasteiger partial charge < -0.3 is 4.89 Å². The van der Waals surface area contributed by atoms with Gasteiger partial charge in [-0.15, -0.1) is 0 Å². The van der Waals surface area contributed by atoms with E-state index < -0.39 is 4.92 Å². The van der Waals surface area contributed by atoms with Gasteiger partial charge in [0.1, 0.15) is 0 Å². The van der Waals surface area contributed by atoms with Gasteiger partial charge in [0.05, 0.1) is 4.92 Å². The van der Waals surface area contributed by atoms with E-state index in [9.17, 15) is 10.1 Å². The Morgan fingerprint density at radius 2 is 1.80 bits per heavy atom. The van der Waals surface area contributed by atoms with E-state index in [-0.39, 0.29) is 11.4 Å². The zero-order chi connectivity index (χ0) is 10.8. The van der Waals surface area contributed by atoms with E-state index in [1.54, 1.807) is 24.3 Å². The van der Waals surface area contributed by atoms with Crippen LogP contribution in [0.15, 0.2) is 36.4 Å². The topological polar surface area (TPSA) is 72.6 Å². The van der Waals surface area contributed by atoms with Gasteiger partial charge in [-0.2, -0.15) is 0 Å². The first-order valence-corrected chi connectivity index (χ1v) is 4.21. The molecular weight excluding hydrogens is 198 g/mol. The summed E-state index contributed by atoms with van der Waals surface area (Å²) >= 11 is 0. The normalized spacial score (nSPS) is 10.2. The molecule has 0 aliphatic heterocycles. The molecule has 0 saturated carbocycles. The van der Waals surface area contributed by atoms with E-state index in [2.05, 4.69) is 4.89 Å². The summed E-state index contributed by atoms with van der Waals surface area (Å²) in [6.07, 6.45) is 0. The summed E-state index contributed by atoms with van der Waals surface area (Å²) in [5, 5.41) is 20.7. The number of nitrogens with zero attached hydrogens (tertiary/aromatic N) is 1. The highest BCUT2D eigenvalue weighted by molar-refractivity contribution is 5.87. The van der Waals surface area contributed by atoms with Crippen LogP contribution < -0.4 is 4.89 Å². The molecule has 76 valence electrons. The minimum Gasteiger partial charge on any atom is -0.333 e. The van der Waals surface area contributed by atoms with Gasteiger partial charge in [-0.3, -0.25) is 10.1 Å². The molecule has 5 heteroatoms. The summed E-state index contributed by atoms with van der Waals surface area (Å²) in [5.74, 6) is -0.154. The van der Waals surface area contributed by atoms with Crippen molar-refractivity contribution in [2.45, 2.75) is 0 Å². The lowest BCUT2D eigenvalue weighted by Gasteiger charge is -2.01. The third-order valence-corrected chi connectivity index (χ3v) is 2.12. The molecule has 2 rings (SSSR count). The number of hydrogen-bond donors (Lipinski definition) is 1. The Morgan fingerprint density at radius 3 is 2.33 bits per heavy atom. The fourth-order valence-corrected chi connectivity index (χ4v) is 1.42. The third kappa shape index (κ3) is 1.60. The lowest BCUT2D eigenvalue weighted by molar-refractivity contribution is -0.387. The summed E-state index contributed by atoms with van der Waals surface area (Å²) in [6.45, 7) is 0. The van der Waals surface area contributed by atoms with Crippen LogP contribution in [0.3, 0.4) is 0 Å². The van der Waals surface area contributed by atoms with Crippen molar-refractivity contribution in [3.63, 3.8) is 0 Å². The van der Waals surface area contributed by atoms with Crippen molar-refractivity contribution < 1.29 is 15.1 Å². The zero-order valence-corrected chi connectivity index (χ0v) is 7.58. The standard InChI is InChI=1S/C10H7NO4/c12-11(13)9-5-7-3-1-2-4-8(7)6-10(9)15-14/h1-6,14H. The van der Waals surface area contributed by atoms with Gasteiger partial charge in [0.2, 0.25) is 5.75 Å². The maximum atomic E-state index is 10.6. The molecule has 0 atom stereocenters. The van der Waals surface area contributed by atoms with Crippen LogP contribution in [-0.4, -0.2) is 10.2 Å². The molecular formula is C10H7NO4. The second kappa shape index (κ2) is 3.55. The molecule has 0 bridgehead atoms. The summed E-state index contributed by atoms with van der Waals surface area (Å²) < 4.78 is 0. The van der Waals surface area contributed by atoms with Gasteiger partial charge >= 0.3 is 5.69 Å². The Labute approximate surface area is 84.6 Å². The van der Waals surface area contributed by atoms with Crippen molar-refractivity contribution in [1.29, 1.82) is 0 Å². The van der Waals surface area contributed by atoms with Gasteiger partial charge in [0.25, 0.3) is 0 Å². The second-order valence-electron chi connectivity index (χ2n) is 3.02. The highest BCUT2D eigenvalue weighted by Gasteiger charge is 2.16. The SMILES string of the molecule is O=[N+]([O-])c1cc2ccccc2cc1OO. The first kappa shape index (κ1) is 9.42. The first-order valence-electron chi connectivity index (χ1n) is 4.21. The number of hydrogen-bond acceptors (Lipinski definition) is 4. The molecule has 0 spiro atoms. The Bertz CT molecular complexity index is 524. The highest BCUT2D eigenvalue weighted by Crippen LogP contribution is 2.31. The predicted octanol–water partition coefficient (Wildman–Crippen LogP) is 2.60. The molecule has 0 unspecified atom stereocenters. The van der Waals surface area contributed by atoms with Gasteiger partial charge in [0.15, 0.2) is 0 Å². The quantitative estimate of drug-likeness (QED) is 0.464. The summed E-state index contributed by atoms with van der Waals surface area (Å²) in [4.78, 5) is 14.0. The van der Waals surface area contributed by atoms with Crippen LogP contribution in [0.5, 0.6) is 5.75 Å². The van der Waals surface area contributed by atoms with Gasteiger partial charge in [-0.1, -0.05) is 24.3 Å². The van der Waals surface area contributed by atoms with Crippen molar-refractivity contribution in [1.82, 2.24) is 0 Å². The highest BCUT2D eigenvalue weighted by atomic mass is 17.1. The van der Waals surface area contributed by atoms with Crippen LogP contribution in [-0.2, 0) is 0 Å². The van der Waals surface area contributed by atoms with Crippen molar-refractivity contribution in [3.8, 4) is 5.75 Å². The molecule has 0 aliphatic rings. The fraction of sp³-hybridized carbons (Fsp3) is 0. The largest absolute Gasteiger partial charge is 0.333 e. The maximum Gasteiger partial charge on any atom is 0.315 e. The van der Waals surface area contributed by atoms with E-state index in [1.165, 1.54) is 12.1 Å². The first-order chi connectivity index (χ1) is 7.22. The van der Waals surface area contributed by atoms with Crippen LogP contribution in [0.25, 0.3) is 10.8 Å². The Balaban J connectivity index is 2.74. The molecule has 2 aromatic carbocycles. The molecule has 0 heterocycles. The number of fused-ring (bicyclic) bond motifs is 1. The van der Waals surface area contributed by atoms with Crippen LogP contribution >= 0.6 is 0 Å². The number of rotatable bonds is 2. The van der Waals surface area contributed by atoms with Crippen molar-refractivity contribution in [3.05, 3.63) is 46.5 Å². The van der Waals surface area contributed by atoms with E-state index in [0.29, 0.717) is 0 Å². The minimum atomic E-state index is -0.599. The van der Waals surface area contributed by atoms with E-state index in [4.69, 9.17) is 5.26 Å². The van der Waals surface area contributed by atoms with Crippen LogP contribution in [0, 0.1) is 10.1 Å². The van der Waals surface area contributed by atoms with Crippen LogP contribution in [0.2, 0.25) is 0 Å². The van der Waals surface area contributed by atoms with Gasteiger partial charge in [-0.05, 0) is 16.8 Å². The van der Waals surface area contributed by atoms with Gasteiger partial charge in [0, 0.05) is 6.07 Å². The molecule has 0 saturated heterocycles. The Kier molecular flexibility index (Phi) is 2.23. The van der Waals surface area contributed by atoms with E-state index in [0.717, 1.165) is 10.8 Å². The Hall–Kier alpha value is -2.14. The van der Waals surface area contributed by atoms with Crippen LogP contribution in [0.4, 0.5) is 5.69 Å². The van der Waals surface area contributed by atoms with Crippen LogP contribution in [0.1, 0.15) is 0 Å². The smallest absolute Gasteiger partial charge is 0.315 e. The summed E-state index contributed by atoms with van der Waals surface area (Å²) in [6, 6.07) is 9.90. The molecule has 0 amide bonds. The molecule has 0 fully saturated rings. The molecule has 1 N–H and O–H groups in total. The maximum absolute atomic E-state index is 10.6. The average molecular weight is 205 g/mol. The summed E-state index contributed by atoms with van der Waals surface area (Å²) in [5.41, 5.74) is -0.254. The molecule has 15 heavy (non-hydrogen) atoms. The second-order valence-corrected chi connectivity index (χ2v) is 3.02. The Morgan fingerprint density at radius 1 is 1.20 bits per heavy atom. The lowest BCUT2D eigenvalue weighted by Crippen LogP contribution is -1.93. The number of nitro benzene ring substituents is 1. The molecule has 0 aromatic heterocycles. The molecule has 5 nitrogen and oxygen atoms in total. The van der Waals surface area contributed by atoms with Crippen molar-refractivity contribution >= 4 is 16.5 Å². The predicted molar refractivity (Wildman–Crippen MR) is 53.9 cm³/mol. The fourth-order valence-electron chi connectivity index (χ4n) is 1.42. The van der Waals surface area contributed by atoms with E-state index >= 15 is 0 Å². The zero-order valence-electron chi connectivity index (χ0n) is 7.58. The third-order valence-electron chi connectivity index (χ3n) is 2.12. The van der Waals surface area contributed by atoms with Crippen molar-refractivity contribution in [2.75, 3.05) is 0 Å². The number of benzene rings is 2. The minimum absolute atomic E-state index is 0.154. The molecule has 0 radical (unpaired) electrons. The average Bonchev–Trinajstić information content (AvgIpc) is 2.27. The lowest BCUT2D eigenvalue weighted by atomic mass is 10.1. The van der Waals surface area contributed by atoms with E-state index in [1.807, 2.05) is 0 Å².